The molecule has 0 atom stereocenters. The number of aryl methyl sites for hydroxylation is 1. The first-order chi connectivity index (χ1) is 5.65. The Balaban J connectivity index is 3.29. The zero-order valence-electron chi connectivity index (χ0n) is 6.44. The number of aromatic nitrogens is 1. The van der Waals surface area contributed by atoms with E-state index in [4.69, 9.17) is 5.11 Å². The monoisotopic (exact) mass is 165 g/mol. The summed E-state index contributed by atoms with van der Waals surface area (Å²) in [7, 11) is 0. The summed E-state index contributed by atoms with van der Waals surface area (Å²) < 4.78 is 0. The van der Waals surface area contributed by atoms with Gasteiger partial charge in [-0.1, -0.05) is 0 Å². The van der Waals surface area contributed by atoms with Crippen molar-refractivity contribution in [3.8, 4) is 0 Å². The second kappa shape index (κ2) is 3.13. The maximum atomic E-state index is 10.5. The molecule has 4 nitrogen and oxygen atoms in total. The first-order valence-electron chi connectivity index (χ1n) is 3.30. The SMILES string of the molecule is Cc1cc(C=O)c(C(=O)O)cn1. The van der Waals surface area contributed by atoms with Crippen LogP contribution in [0.4, 0.5) is 0 Å². The van der Waals surface area contributed by atoms with Gasteiger partial charge in [-0.05, 0) is 13.0 Å². The summed E-state index contributed by atoms with van der Waals surface area (Å²) in [6.45, 7) is 1.69. The predicted octanol–water partition coefficient (Wildman–Crippen LogP) is 0.901. The van der Waals surface area contributed by atoms with Crippen LogP contribution in [0.15, 0.2) is 12.3 Å². The predicted molar refractivity (Wildman–Crippen MR) is 41.3 cm³/mol. The van der Waals surface area contributed by atoms with Crippen molar-refractivity contribution in [3.05, 3.63) is 29.1 Å². The molecule has 0 aliphatic carbocycles. The van der Waals surface area contributed by atoms with Crippen LogP contribution in [0.25, 0.3) is 0 Å². The van der Waals surface area contributed by atoms with E-state index < -0.39 is 5.97 Å². The fourth-order valence-electron chi connectivity index (χ4n) is 0.857. The van der Waals surface area contributed by atoms with Crippen LogP contribution < -0.4 is 0 Å². The van der Waals surface area contributed by atoms with Crippen molar-refractivity contribution >= 4 is 12.3 Å². The average molecular weight is 165 g/mol. The van der Waals surface area contributed by atoms with Gasteiger partial charge in [0.2, 0.25) is 0 Å². The maximum absolute atomic E-state index is 10.5. The number of carboxylic acid groups (broad SMARTS) is 1. The van der Waals surface area contributed by atoms with E-state index in [1.165, 1.54) is 12.3 Å². The van der Waals surface area contributed by atoms with Crippen LogP contribution in [0.2, 0.25) is 0 Å². The minimum absolute atomic E-state index is 0.0596. The Hall–Kier alpha value is -1.71. The minimum Gasteiger partial charge on any atom is -0.478 e. The molecule has 0 aliphatic rings. The summed E-state index contributed by atoms with van der Waals surface area (Å²) in [4.78, 5) is 24.7. The summed E-state index contributed by atoms with van der Waals surface area (Å²) in [6.07, 6.45) is 1.69. The van der Waals surface area contributed by atoms with Crippen molar-refractivity contribution in [1.82, 2.24) is 4.98 Å². The van der Waals surface area contributed by atoms with E-state index in [0.717, 1.165) is 0 Å². The molecule has 0 saturated carbocycles. The lowest BCUT2D eigenvalue weighted by Crippen LogP contribution is -2.03. The summed E-state index contributed by atoms with van der Waals surface area (Å²) >= 11 is 0. The zero-order valence-corrected chi connectivity index (χ0v) is 6.44. The van der Waals surface area contributed by atoms with Crippen LogP contribution >= 0.6 is 0 Å². The molecule has 0 amide bonds. The second-order valence-electron chi connectivity index (χ2n) is 2.34. The highest BCUT2D eigenvalue weighted by molar-refractivity contribution is 5.96. The van der Waals surface area contributed by atoms with Gasteiger partial charge in [0.15, 0.2) is 6.29 Å². The molecule has 12 heavy (non-hydrogen) atoms. The average Bonchev–Trinajstić information content (AvgIpc) is 2.03. The van der Waals surface area contributed by atoms with E-state index >= 15 is 0 Å². The first-order valence-corrected chi connectivity index (χ1v) is 3.30. The molecule has 0 spiro atoms. The Bertz CT molecular complexity index is 333. The lowest BCUT2D eigenvalue weighted by atomic mass is 10.1. The van der Waals surface area contributed by atoms with Crippen LogP contribution in [0, 0.1) is 6.92 Å². The van der Waals surface area contributed by atoms with Gasteiger partial charge in [-0.2, -0.15) is 0 Å². The first kappa shape index (κ1) is 8.39. The standard InChI is InChI=1S/C8H7NO3/c1-5-2-6(4-10)7(3-9-5)8(11)12/h2-4H,1H3,(H,11,12). The van der Waals surface area contributed by atoms with E-state index in [9.17, 15) is 9.59 Å². The quantitative estimate of drug-likeness (QED) is 0.661. The topological polar surface area (TPSA) is 67.3 Å². The number of hydrogen-bond donors (Lipinski definition) is 1. The Labute approximate surface area is 68.9 Å². The molecule has 0 unspecified atom stereocenters. The summed E-state index contributed by atoms with van der Waals surface area (Å²) in [5, 5.41) is 8.59. The van der Waals surface area contributed by atoms with Crippen molar-refractivity contribution in [2.24, 2.45) is 0 Å². The van der Waals surface area contributed by atoms with Crippen molar-refractivity contribution < 1.29 is 14.7 Å². The van der Waals surface area contributed by atoms with Gasteiger partial charge in [0.1, 0.15) is 0 Å². The van der Waals surface area contributed by atoms with E-state index in [0.29, 0.717) is 12.0 Å². The van der Waals surface area contributed by atoms with Gasteiger partial charge >= 0.3 is 5.97 Å². The highest BCUT2D eigenvalue weighted by Gasteiger charge is 2.09. The van der Waals surface area contributed by atoms with Gasteiger partial charge in [0, 0.05) is 17.5 Å². The van der Waals surface area contributed by atoms with Gasteiger partial charge in [-0.3, -0.25) is 9.78 Å². The highest BCUT2D eigenvalue weighted by Crippen LogP contribution is 2.06. The number of hydrogen-bond acceptors (Lipinski definition) is 3. The van der Waals surface area contributed by atoms with E-state index in [1.54, 1.807) is 6.92 Å². The Morgan fingerprint density at radius 2 is 2.33 bits per heavy atom. The highest BCUT2D eigenvalue weighted by atomic mass is 16.4. The molecule has 1 aromatic heterocycles. The Morgan fingerprint density at radius 1 is 1.67 bits per heavy atom. The molecular weight excluding hydrogens is 158 g/mol. The van der Waals surface area contributed by atoms with Crippen molar-refractivity contribution in [2.75, 3.05) is 0 Å². The number of carbonyl (C=O) groups excluding carboxylic acids is 1. The van der Waals surface area contributed by atoms with Crippen LogP contribution in [-0.2, 0) is 0 Å². The zero-order chi connectivity index (χ0) is 9.14. The van der Waals surface area contributed by atoms with Gasteiger partial charge in [0.25, 0.3) is 0 Å². The third-order valence-electron chi connectivity index (χ3n) is 1.43. The smallest absolute Gasteiger partial charge is 0.337 e. The van der Waals surface area contributed by atoms with Gasteiger partial charge in [-0.15, -0.1) is 0 Å². The van der Waals surface area contributed by atoms with Crippen LogP contribution in [0.1, 0.15) is 26.4 Å². The molecule has 0 aromatic carbocycles. The third kappa shape index (κ3) is 1.47. The van der Waals surface area contributed by atoms with Crippen molar-refractivity contribution in [3.63, 3.8) is 0 Å². The second-order valence-corrected chi connectivity index (χ2v) is 2.34. The van der Waals surface area contributed by atoms with Crippen LogP contribution in [0.3, 0.4) is 0 Å². The van der Waals surface area contributed by atoms with E-state index in [2.05, 4.69) is 4.98 Å². The molecule has 0 saturated heterocycles. The van der Waals surface area contributed by atoms with Gasteiger partial charge in [0.05, 0.1) is 5.56 Å². The number of rotatable bonds is 2. The van der Waals surface area contributed by atoms with E-state index in [-0.39, 0.29) is 11.1 Å². The summed E-state index contributed by atoms with van der Waals surface area (Å²) in [6, 6.07) is 1.44. The molecule has 0 bridgehead atoms. The lowest BCUT2D eigenvalue weighted by molar-refractivity contribution is 0.0693. The van der Waals surface area contributed by atoms with E-state index in [1.807, 2.05) is 0 Å². The lowest BCUT2D eigenvalue weighted by Gasteiger charge is -1.98. The molecule has 0 radical (unpaired) electrons. The third-order valence-corrected chi connectivity index (χ3v) is 1.43. The molecule has 1 rings (SSSR count). The normalized spacial score (nSPS) is 9.42. The fourth-order valence-corrected chi connectivity index (χ4v) is 0.857. The number of carbonyl (C=O) groups is 2. The Kier molecular flexibility index (Phi) is 2.19. The summed E-state index contributed by atoms with van der Waals surface area (Å²) in [5.41, 5.74) is 0.729. The van der Waals surface area contributed by atoms with Crippen LogP contribution in [0.5, 0.6) is 0 Å². The largest absolute Gasteiger partial charge is 0.478 e. The van der Waals surface area contributed by atoms with Gasteiger partial charge < -0.3 is 5.11 Å². The number of pyridine rings is 1. The Morgan fingerprint density at radius 3 is 2.83 bits per heavy atom. The molecule has 1 N–H and O–H groups in total. The molecule has 0 aliphatic heterocycles. The molecule has 0 fully saturated rings. The molecule has 1 aromatic rings. The molecule has 4 heteroatoms. The fraction of sp³-hybridized carbons (Fsp3) is 0.125. The van der Waals surface area contributed by atoms with Gasteiger partial charge in [-0.25, -0.2) is 4.79 Å². The van der Waals surface area contributed by atoms with Crippen molar-refractivity contribution in [2.45, 2.75) is 6.92 Å². The summed E-state index contributed by atoms with van der Waals surface area (Å²) in [5.74, 6) is -1.13. The minimum atomic E-state index is -1.13. The number of carboxylic acids is 1. The number of aromatic carboxylic acids is 1. The molecule has 1 heterocycles. The number of aldehydes is 1. The number of nitrogens with zero attached hydrogens (tertiary/aromatic N) is 1. The molecular formula is C8H7NO3. The maximum Gasteiger partial charge on any atom is 0.337 e. The van der Waals surface area contributed by atoms with Crippen molar-refractivity contribution in [1.29, 1.82) is 0 Å². The van der Waals surface area contributed by atoms with Crippen LogP contribution in [-0.4, -0.2) is 22.3 Å². The molecule has 62 valence electrons.